The molecule has 0 radical (unpaired) electrons. The molecule has 206 valence electrons. The number of hydrogen-bond donors (Lipinski definition) is 4. The minimum Gasteiger partial charge on any atom is -0.461 e. The molecule has 1 aromatic carbocycles. The highest BCUT2D eigenvalue weighted by atomic mass is 16.5. The number of unbranched alkanes of at least 4 members (excludes halogenated alkanes) is 3. The molecule has 0 fully saturated rings. The van der Waals surface area contributed by atoms with E-state index in [1.807, 2.05) is 13.8 Å². The van der Waals surface area contributed by atoms with E-state index in [4.69, 9.17) is 4.74 Å². The van der Waals surface area contributed by atoms with Gasteiger partial charge in [-0.25, -0.2) is 0 Å². The smallest absolute Gasteiger partial charge is 0.302 e. The lowest BCUT2D eigenvalue weighted by molar-refractivity contribution is -0.142. The van der Waals surface area contributed by atoms with Gasteiger partial charge in [0.25, 0.3) is 0 Å². The van der Waals surface area contributed by atoms with Crippen LogP contribution in [-0.2, 0) is 30.5 Å². The lowest BCUT2D eigenvalue weighted by atomic mass is 10.1. The van der Waals surface area contributed by atoms with E-state index in [1.54, 1.807) is 24.3 Å². The largest absolute Gasteiger partial charge is 0.461 e. The number of carbonyl (C=O) groups is 4. The predicted molar refractivity (Wildman–Crippen MR) is 143 cm³/mol. The summed E-state index contributed by atoms with van der Waals surface area (Å²) in [7, 11) is 0. The summed E-state index contributed by atoms with van der Waals surface area (Å²) in [6.07, 6.45) is 4.05. The number of aliphatic hydroxyl groups is 1. The van der Waals surface area contributed by atoms with E-state index in [-0.39, 0.29) is 31.4 Å². The van der Waals surface area contributed by atoms with E-state index in [0.717, 1.165) is 37.2 Å². The van der Waals surface area contributed by atoms with Crippen molar-refractivity contribution in [2.45, 2.75) is 93.2 Å². The van der Waals surface area contributed by atoms with Crippen molar-refractivity contribution >= 4 is 29.4 Å². The Hall–Kier alpha value is -2.94. The molecule has 9 heteroatoms. The van der Waals surface area contributed by atoms with Gasteiger partial charge in [-0.3, -0.25) is 19.2 Å². The number of ether oxygens (including phenoxy) is 1. The minimum atomic E-state index is -1.10. The standard InChI is InChI=1S/C21H31N3O6.C4H10.C2H6/c1-3-4-5-6-7-19(27)24-18(13-25)21(29)22-12-20(28)23-17-10-8-16(9-11-17)14-30-15(2)26;1-4(2)3;1-2/h8-11,18,25H,3-7,12-14H2,1-2H3,(H,22,29)(H,23,28)(H,24,27);4H,1-3H3;1-2H3. The summed E-state index contributed by atoms with van der Waals surface area (Å²) in [6.45, 7) is 13.2. The molecule has 0 bridgehead atoms. The fourth-order valence-electron chi connectivity index (χ4n) is 2.54. The highest BCUT2D eigenvalue weighted by molar-refractivity contribution is 5.96. The van der Waals surface area contributed by atoms with Gasteiger partial charge in [0.2, 0.25) is 17.7 Å². The van der Waals surface area contributed by atoms with Crippen molar-refractivity contribution in [2.24, 2.45) is 5.92 Å². The lowest BCUT2D eigenvalue weighted by Gasteiger charge is -2.16. The van der Waals surface area contributed by atoms with Gasteiger partial charge in [0.1, 0.15) is 12.6 Å². The van der Waals surface area contributed by atoms with E-state index in [2.05, 4.69) is 43.6 Å². The summed E-state index contributed by atoms with van der Waals surface area (Å²) >= 11 is 0. The molecule has 0 aromatic heterocycles. The van der Waals surface area contributed by atoms with Crippen molar-refractivity contribution in [2.75, 3.05) is 18.5 Å². The molecule has 0 saturated carbocycles. The van der Waals surface area contributed by atoms with Crippen LogP contribution in [0.1, 0.15) is 86.1 Å². The van der Waals surface area contributed by atoms with Crippen molar-refractivity contribution < 1.29 is 29.0 Å². The van der Waals surface area contributed by atoms with Crippen LogP contribution in [0.15, 0.2) is 24.3 Å². The molecule has 1 atom stereocenters. The van der Waals surface area contributed by atoms with E-state index >= 15 is 0 Å². The van der Waals surface area contributed by atoms with Crippen molar-refractivity contribution in [3.63, 3.8) is 0 Å². The average molecular weight is 510 g/mol. The van der Waals surface area contributed by atoms with Crippen LogP contribution in [0.5, 0.6) is 0 Å². The van der Waals surface area contributed by atoms with E-state index < -0.39 is 24.5 Å². The first kappa shape index (κ1) is 35.2. The molecule has 0 aliphatic carbocycles. The molecular formula is C27H47N3O6. The van der Waals surface area contributed by atoms with Gasteiger partial charge in [-0.2, -0.15) is 0 Å². The Morgan fingerprint density at radius 3 is 2.03 bits per heavy atom. The molecule has 0 spiro atoms. The fourth-order valence-corrected chi connectivity index (χ4v) is 2.54. The van der Waals surface area contributed by atoms with Crippen LogP contribution in [0.4, 0.5) is 5.69 Å². The number of amides is 3. The Bertz CT molecular complexity index is 748. The quantitative estimate of drug-likeness (QED) is 0.235. The Kier molecular flexibility index (Phi) is 22.0. The molecule has 0 aliphatic heterocycles. The van der Waals surface area contributed by atoms with Crippen LogP contribution in [-0.4, -0.2) is 48.0 Å². The van der Waals surface area contributed by atoms with E-state index in [1.165, 1.54) is 6.92 Å². The Labute approximate surface area is 216 Å². The van der Waals surface area contributed by atoms with Crippen LogP contribution in [0.25, 0.3) is 0 Å². The number of anilines is 1. The van der Waals surface area contributed by atoms with Gasteiger partial charge in [-0.05, 0) is 30.0 Å². The van der Waals surface area contributed by atoms with Crippen molar-refractivity contribution in [3.8, 4) is 0 Å². The van der Waals surface area contributed by atoms with Crippen molar-refractivity contribution in [3.05, 3.63) is 29.8 Å². The normalized spacial score (nSPS) is 10.6. The highest BCUT2D eigenvalue weighted by Crippen LogP contribution is 2.10. The average Bonchev–Trinajstić information content (AvgIpc) is 2.84. The van der Waals surface area contributed by atoms with E-state index in [0.29, 0.717) is 5.69 Å². The molecule has 9 nitrogen and oxygen atoms in total. The summed E-state index contributed by atoms with van der Waals surface area (Å²) in [5, 5.41) is 16.8. The number of hydrogen-bond acceptors (Lipinski definition) is 6. The maximum absolute atomic E-state index is 12.1. The topological polar surface area (TPSA) is 134 Å². The second kappa shape index (κ2) is 22.5. The predicted octanol–water partition coefficient (Wildman–Crippen LogP) is 3.94. The molecule has 4 N–H and O–H groups in total. The molecule has 0 aliphatic rings. The lowest BCUT2D eigenvalue weighted by Crippen LogP contribution is -2.50. The molecule has 3 amide bonds. The van der Waals surface area contributed by atoms with Crippen molar-refractivity contribution in [1.82, 2.24) is 10.6 Å². The van der Waals surface area contributed by atoms with Crippen molar-refractivity contribution in [1.29, 1.82) is 0 Å². The highest BCUT2D eigenvalue weighted by Gasteiger charge is 2.20. The maximum Gasteiger partial charge on any atom is 0.302 e. The number of carbonyl (C=O) groups excluding carboxylic acids is 4. The van der Waals surface area contributed by atoms with Gasteiger partial charge in [-0.1, -0.05) is 72.9 Å². The number of esters is 1. The monoisotopic (exact) mass is 509 g/mol. The zero-order valence-electron chi connectivity index (χ0n) is 23.1. The second-order valence-electron chi connectivity index (χ2n) is 8.59. The zero-order valence-corrected chi connectivity index (χ0v) is 23.1. The number of aliphatic hydroxyl groups excluding tert-OH is 1. The van der Waals surface area contributed by atoms with Crippen LogP contribution in [0.2, 0.25) is 0 Å². The first-order valence-corrected chi connectivity index (χ1v) is 12.8. The first-order chi connectivity index (χ1) is 17.1. The van der Waals surface area contributed by atoms with Crippen LogP contribution >= 0.6 is 0 Å². The van der Waals surface area contributed by atoms with Gasteiger partial charge >= 0.3 is 5.97 Å². The van der Waals surface area contributed by atoms with Gasteiger partial charge in [-0.15, -0.1) is 0 Å². The van der Waals surface area contributed by atoms with Crippen LogP contribution in [0, 0.1) is 5.92 Å². The molecule has 1 aromatic rings. The zero-order chi connectivity index (χ0) is 27.9. The van der Waals surface area contributed by atoms with Gasteiger partial charge < -0.3 is 25.8 Å². The number of rotatable bonds is 13. The Balaban J connectivity index is 0. The van der Waals surface area contributed by atoms with Crippen LogP contribution in [0.3, 0.4) is 0 Å². The Morgan fingerprint density at radius 1 is 0.944 bits per heavy atom. The summed E-state index contributed by atoms with van der Waals surface area (Å²) in [5.41, 5.74) is 1.28. The third kappa shape index (κ3) is 20.4. The fraction of sp³-hybridized carbons (Fsp3) is 0.630. The molecule has 0 saturated heterocycles. The molecule has 1 unspecified atom stereocenters. The SMILES string of the molecule is CC.CC(C)C.CCCCCCC(=O)NC(CO)C(=O)NCC(=O)Nc1ccc(COC(C)=O)cc1. The summed E-state index contributed by atoms with van der Waals surface area (Å²) in [4.78, 5) is 46.8. The summed E-state index contributed by atoms with van der Waals surface area (Å²) < 4.78 is 4.88. The minimum absolute atomic E-state index is 0.145. The molecule has 1 rings (SSSR count). The van der Waals surface area contributed by atoms with Gasteiger partial charge in [0.15, 0.2) is 0 Å². The Morgan fingerprint density at radius 2 is 1.53 bits per heavy atom. The summed E-state index contributed by atoms with van der Waals surface area (Å²) in [5.74, 6) is -0.944. The first-order valence-electron chi connectivity index (χ1n) is 12.8. The maximum atomic E-state index is 12.1. The number of nitrogens with one attached hydrogen (secondary N) is 3. The van der Waals surface area contributed by atoms with Gasteiger partial charge in [0, 0.05) is 19.0 Å². The van der Waals surface area contributed by atoms with Gasteiger partial charge in [0.05, 0.1) is 13.2 Å². The van der Waals surface area contributed by atoms with E-state index in [9.17, 15) is 24.3 Å². The van der Waals surface area contributed by atoms with Crippen LogP contribution < -0.4 is 16.0 Å². The second-order valence-corrected chi connectivity index (χ2v) is 8.59. The number of benzene rings is 1. The summed E-state index contributed by atoms with van der Waals surface area (Å²) in [6, 6.07) is 5.60. The molecule has 36 heavy (non-hydrogen) atoms. The molecule has 0 heterocycles. The molecular weight excluding hydrogens is 462 g/mol. The third-order valence-corrected chi connectivity index (χ3v) is 4.19. The third-order valence-electron chi connectivity index (χ3n) is 4.19.